The molecule has 208 valence electrons. The maximum Gasteiger partial charge on any atom is 0.264 e. The number of nitriles is 1. The second kappa shape index (κ2) is 12.4. The molecule has 2 heterocycles. The highest BCUT2D eigenvalue weighted by atomic mass is 32.2. The van der Waals surface area contributed by atoms with Crippen LogP contribution in [0.3, 0.4) is 0 Å². The molecule has 3 aromatic carbocycles. The summed E-state index contributed by atoms with van der Waals surface area (Å²) >= 11 is 1.34. The van der Waals surface area contributed by atoms with Gasteiger partial charge < -0.3 is 9.88 Å². The predicted octanol–water partition coefficient (Wildman–Crippen LogP) is 5.94. The van der Waals surface area contributed by atoms with E-state index in [1.54, 1.807) is 67.1 Å². The van der Waals surface area contributed by atoms with Crippen molar-refractivity contribution >= 4 is 43.0 Å². The standard InChI is InChI=1S/C31H29N5O3S2/c1-2-3-16-34-31(37)30-17-27-28(10-7-11-29(27)40-30)36(41(38,39)26-8-5-4-6-9-26)21-25-19-33-22-35(25)20-24-14-12-23(18-32)13-15-24/h4-15,17,19,22H,2-3,16,20-21H2,1H3,(H,34,37). The van der Waals surface area contributed by atoms with Crippen molar-refractivity contribution in [3.63, 3.8) is 0 Å². The third kappa shape index (κ3) is 6.16. The normalized spacial score (nSPS) is 11.3. The van der Waals surface area contributed by atoms with Gasteiger partial charge in [0.1, 0.15) is 0 Å². The van der Waals surface area contributed by atoms with E-state index in [0.29, 0.717) is 40.3 Å². The number of hydrogen-bond donors (Lipinski definition) is 1. The first-order chi connectivity index (χ1) is 19.9. The summed E-state index contributed by atoms with van der Waals surface area (Å²) in [6, 6.07) is 25.0. The largest absolute Gasteiger partial charge is 0.351 e. The van der Waals surface area contributed by atoms with Gasteiger partial charge in [0.25, 0.3) is 15.9 Å². The van der Waals surface area contributed by atoms with Crippen molar-refractivity contribution in [2.75, 3.05) is 10.8 Å². The van der Waals surface area contributed by atoms with Gasteiger partial charge in [0.15, 0.2) is 0 Å². The van der Waals surface area contributed by atoms with Gasteiger partial charge in [-0.1, -0.05) is 49.7 Å². The molecule has 0 aliphatic heterocycles. The number of unbranched alkanes of at least 4 members (excludes halogenated alkanes) is 1. The summed E-state index contributed by atoms with van der Waals surface area (Å²) in [5.41, 5.74) is 2.71. The maximum atomic E-state index is 14.1. The third-order valence-electron chi connectivity index (χ3n) is 6.72. The number of amides is 1. The number of benzene rings is 3. The summed E-state index contributed by atoms with van der Waals surface area (Å²) in [5.74, 6) is -0.163. The summed E-state index contributed by atoms with van der Waals surface area (Å²) in [6.07, 6.45) is 5.20. The lowest BCUT2D eigenvalue weighted by Gasteiger charge is -2.26. The molecule has 8 nitrogen and oxygen atoms in total. The van der Waals surface area contributed by atoms with Crippen LogP contribution in [0.5, 0.6) is 0 Å². The van der Waals surface area contributed by atoms with Crippen molar-refractivity contribution in [3.8, 4) is 6.07 Å². The molecule has 0 radical (unpaired) electrons. The fourth-order valence-corrected chi connectivity index (χ4v) is 6.99. The first-order valence-corrected chi connectivity index (χ1v) is 15.5. The zero-order valence-corrected chi connectivity index (χ0v) is 24.2. The molecule has 2 aromatic heterocycles. The zero-order valence-electron chi connectivity index (χ0n) is 22.5. The van der Waals surface area contributed by atoms with E-state index < -0.39 is 10.0 Å². The molecule has 0 saturated carbocycles. The average molecular weight is 584 g/mol. The fraction of sp³-hybridized carbons (Fsp3) is 0.194. The molecule has 1 amide bonds. The van der Waals surface area contributed by atoms with Crippen LogP contribution in [0.2, 0.25) is 0 Å². The summed E-state index contributed by atoms with van der Waals surface area (Å²) in [5, 5.41) is 12.8. The average Bonchev–Trinajstić information content (AvgIpc) is 3.64. The van der Waals surface area contributed by atoms with E-state index in [1.165, 1.54) is 15.6 Å². The lowest BCUT2D eigenvalue weighted by atomic mass is 10.1. The van der Waals surface area contributed by atoms with Gasteiger partial charge in [-0.25, -0.2) is 13.4 Å². The van der Waals surface area contributed by atoms with Crippen LogP contribution < -0.4 is 9.62 Å². The summed E-state index contributed by atoms with van der Waals surface area (Å²) < 4.78 is 32.4. The van der Waals surface area contributed by atoms with Gasteiger partial charge >= 0.3 is 0 Å². The number of imidazole rings is 1. The van der Waals surface area contributed by atoms with Crippen LogP contribution in [0.25, 0.3) is 10.1 Å². The number of thiophene rings is 1. The highest BCUT2D eigenvalue weighted by Crippen LogP contribution is 2.37. The Kier molecular flexibility index (Phi) is 8.47. The van der Waals surface area contributed by atoms with Crippen LogP contribution in [0.15, 0.2) is 96.3 Å². The molecule has 1 N–H and O–H groups in total. The number of aromatic nitrogens is 2. The second-order valence-corrected chi connectivity index (χ2v) is 12.5. The molecule has 41 heavy (non-hydrogen) atoms. The molecule has 0 unspecified atom stereocenters. The van der Waals surface area contributed by atoms with Crippen LogP contribution in [0, 0.1) is 11.3 Å². The van der Waals surface area contributed by atoms with Gasteiger partial charge in [0, 0.05) is 29.4 Å². The van der Waals surface area contributed by atoms with Gasteiger partial charge in [0.05, 0.1) is 45.7 Å². The number of carbonyl (C=O) groups excluding carboxylic acids is 1. The molecule has 0 atom stereocenters. The number of fused-ring (bicyclic) bond motifs is 1. The Hall–Kier alpha value is -4.46. The number of nitrogens with one attached hydrogen (secondary N) is 1. The third-order valence-corrected chi connectivity index (χ3v) is 9.59. The fourth-order valence-electron chi connectivity index (χ4n) is 4.51. The molecule has 0 spiro atoms. The zero-order chi connectivity index (χ0) is 28.8. The van der Waals surface area contributed by atoms with E-state index in [1.807, 2.05) is 28.8 Å². The van der Waals surface area contributed by atoms with E-state index in [2.05, 4.69) is 23.3 Å². The second-order valence-electron chi connectivity index (χ2n) is 9.56. The van der Waals surface area contributed by atoms with E-state index in [4.69, 9.17) is 5.26 Å². The quantitative estimate of drug-likeness (QED) is 0.194. The summed E-state index contributed by atoms with van der Waals surface area (Å²) in [7, 11) is -3.99. The number of hydrogen-bond acceptors (Lipinski definition) is 6. The molecular formula is C31H29N5O3S2. The van der Waals surface area contributed by atoms with Crippen molar-refractivity contribution in [3.05, 3.63) is 113 Å². The van der Waals surface area contributed by atoms with Crippen LogP contribution in [0.4, 0.5) is 5.69 Å². The number of nitrogens with zero attached hydrogens (tertiary/aromatic N) is 4. The minimum Gasteiger partial charge on any atom is -0.351 e. The predicted molar refractivity (Wildman–Crippen MR) is 161 cm³/mol. The highest BCUT2D eigenvalue weighted by Gasteiger charge is 2.28. The monoisotopic (exact) mass is 583 g/mol. The van der Waals surface area contributed by atoms with Gasteiger partial charge in [0.2, 0.25) is 0 Å². The Morgan fingerprint density at radius 3 is 2.59 bits per heavy atom. The maximum absolute atomic E-state index is 14.1. The Morgan fingerprint density at radius 1 is 1.07 bits per heavy atom. The van der Waals surface area contributed by atoms with Crippen LogP contribution >= 0.6 is 11.3 Å². The Morgan fingerprint density at radius 2 is 1.85 bits per heavy atom. The Balaban J connectivity index is 1.55. The Labute approximate surface area is 243 Å². The van der Waals surface area contributed by atoms with Gasteiger partial charge in [-0.15, -0.1) is 11.3 Å². The van der Waals surface area contributed by atoms with E-state index >= 15 is 0 Å². The SMILES string of the molecule is CCCCNC(=O)c1cc2c(N(Cc3cncn3Cc3ccc(C#N)cc3)S(=O)(=O)c3ccccc3)cccc2s1. The molecule has 0 aliphatic rings. The lowest BCUT2D eigenvalue weighted by molar-refractivity contribution is 0.0957. The number of sulfonamides is 1. The van der Waals surface area contributed by atoms with E-state index in [9.17, 15) is 13.2 Å². The first-order valence-electron chi connectivity index (χ1n) is 13.3. The first kappa shape index (κ1) is 28.1. The molecule has 10 heteroatoms. The van der Waals surface area contributed by atoms with Crippen molar-refractivity contribution in [1.29, 1.82) is 5.26 Å². The van der Waals surface area contributed by atoms with Gasteiger partial charge in [-0.2, -0.15) is 5.26 Å². The van der Waals surface area contributed by atoms with Crippen molar-refractivity contribution in [2.45, 2.75) is 37.8 Å². The summed E-state index contributed by atoms with van der Waals surface area (Å²) in [4.78, 5) is 17.9. The van der Waals surface area contributed by atoms with Gasteiger partial charge in [-0.3, -0.25) is 9.10 Å². The minimum atomic E-state index is -3.99. The number of rotatable bonds is 11. The van der Waals surface area contributed by atoms with Crippen molar-refractivity contribution < 1.29 is 13.2 Å². The van der Waals surface area contributed by atoms with Crippen LogP contribution in [-0.2, 0) is 23.1 Å². The minimum absolute atomic E-state index is 0.0283. The molecule has 5 aromatic rings. The topological polar surface area (TPSA) is 108 Å². The van der Waals surface area contributed by atoms with Gasteiger partial charge in [-0.05, 0) is 54.4 Å². The molecule has 0 bridgehead atoms. The summed E-state index contributed by atoms with van der Waals surface area (Å²) in [6.45, 7) is 3.15. The smallest absolute Gasteiger partial charge is 0.264 e. The Bertz CT molecular complexity index is 1800. The van der Waals surface area contributed by atoms with Crippen molar-refractivity contribution in [1.82, 2.24) is 14.9 Å². The number of carbonyl (C=O) groups is 1. The molecule has 0 saturated heterocycles. The van der Waals surface area contributed by atoms with Crippen molar-refractivity contribution in [2.24, 2.45) is 0 Å². The number of anilines is 1. The van der Waals surface area contributed by atoms with Crippen LogP contribution in [-0.4, -0.2) is 30.4 Å². The van der Waals surface area contributed by atoms with E-state index in [0.717, 1.165) is 23.1 Å². The molecule has 0 aliphatic carbocycles. The molecule has 5 rings (SSSR count). The molecular weight excluding hydrogens is 555 g/mol. The van der Waals surface area contributed by atoms with Crippen LogP contribution in [0.1, 0.15) is 46.3 Å². The van der Waals surface area contributed by atoms with E-state index in [-0.39, 0.29) is 17.3 Å². The lowest BCUT2D eigenvalue weighted by Crippen LogP contribution is -2.31. The highest BCUT2D eigenvalue weighted by molar-refractivity contribution is 7.92. The molecule has 0 fully saturated rings.